The first kappa shape index (κ1) is 16.4. The van der Waals surface area contributed by atoms with Gasteiger partial charge in [-0.25, -0.2) is 4.89 Å². The van der Waals surface area contributed by atoms with Crippen molar-refractivity contribution in [1.82, 2.24) is 0 Å². The summed E-state index contributed by atoms with van der Waals surface area (Å²) in [5.41, 5.74) is 0. The first-order valence-corrected chi connectivity index (χ1v) is 13.8. The van der Waals surface area contributed by atoms with Crippen LogP contribution in [0.2, 0.25) is 0 Å². The van der Waals surface area contributed by atoms with Gasteiger partial charge in [-0.3, -0.25) is 0 Å². The molecule has 12 heteroatoms. The van der Waals surface area contributed by atoms with E-state index in [0.717, 1.165) is 0 Å². The van der Waals surface area contributed by atoms with Crippen LogP contribution in [0, 0.1) is 0 Å². The van der Waals surface area contributed by atoms with Gasteiger partial charge in [-0.2, -0.15) is 0 Å². The van der Waals surface area contributed by atoms with E-state index >= 15 is 0 Å². The minimum absolute atomic E-state index is 1.95. The summed E-state index contributed by atoms with van der Waals surface area (Å²) in [4.78, 5) is 8.38. The maximum atomic E-state index is 9.91. The number of hydrogen-bond donors (Lipinski definition) is 1. The van der Waals surface area contributed by atoms with Gasteiger partial charge in [0.15, 0.2) is 0 Å². The second-order valence-corrected chi connectivity index (χ2v) is 24.0. The van der Waals surface area contributed by atoms with Crippen molar-refractivity contribution in [1.29, 1.82) is 0 Å². The van der Waals surface area contributed by atoms with Crippen molar-refractivity contribution in [2.24, 2.45) is 0 Å². The zero-order valence-corrected chi connectivity index (χ0v) is 12.3. The number of hydrogen-bond acceptors (Lipinski definition) is 1. The van der Waals surface area contributed by atoms with Crippen LogP contribution in [-0.4, -0.2) is 19.1 Å². The van der Waals surface area contributed by atoms with Gasteiger partial charge in [0.2, 0.25) is 46.5 Å². The Bertz CT molecular complexity index is 133. The average Bonchev–Trinajstić information content (AvgIpc) is 1.04. The third kappa shape index (κ3) is 372. The monoisotopic (exact) mass is 474 g/mol. The van der Waals surface area contributed by atoms with Crippen LogP contribution in [0.5, 0.6) is 0 Å². The van der Waals surface area contributed by atoms with Crippen LogP contribution >= 0.6 is 50.1 Å². The molecule has 0 heterocycles. The van der Waals surface area contributed by atoms with Crippen molar-refractivity contribution in [3.8, 4) is 0 Å². The van der Waals surface area contributed by atoms with Gasteiger partial charge in [0.25, 0.3) is 0 Å². The fraction of sp³-hybridized carbons (Fsp3) is 0. The molecule has 0 aromatic heterocycles. The van der Waals surface area contributed by atoms with E-state index in [2.05, 4.69) is 46.5 Å². The molecule has 0 aliphatic heterocycles. The normalized spacial score (nSPS) is 18.5. The van der Waals surface area contributed by atoms with Crippen molar-refractivity contribution < 1.29 is 25.7 Å². The average molecular weight is 477 g/mol. The fourth-order valence-corrected chi connectivity index (χ4v) is 0. The Kier molecular flexibility index (Phi) is 4.81. The Morgan fingerprint density at radius 2 is 0.833 bits per heavy atom. The van der Waals surface area contributed by atoms with Gasteiger partial charge in [0.05, 0.1) is 0 Å². The molecule has 0 aromatic rings. The molecule has 0 spiro atoms. The molecule has 0 unspecified atom stereocenters. The molecule has 0 amide bonds. The fourth-order valence-electron chi connectivity index (χ4n) is 0. The van der Waals surface area contributed by atoms with E-state index in [-0.39, 0.29) is 0 Å². The molecule has 0 aliphatic rings. The predicted molar refractivity (Wildman–Crippen MR) is 48.3 cm³/mol. The number of rotatable bonds is 0. The minimum Gasteiger partial charge on any atom is -0.217 e. The molecule has 0 bridgehead atoms. The molecule has 12 heavy (non-hydrogen) atoms. The summed E-state index contributed by atoms with van der Waals surface area (Å²) in [6.07, 6.45) is 0. The molecule has 1 nitrogen and oxygen atoms in total. The van der Waals surface area contributed by atoms with E-state index in [1.165, 1.54) is 0 Å². The van der Waals surface area contributed by atoms with Crippen LogP contribution in [0.4, 0.5) is 20.8 Å². The van der Waals surface area contributed by atoms with Crippen LogP contribution in [0.25, 0.3) is 0 Å². The molecule has 0 saturated carbocycles. The molecule has 0 radical (unpaired) electrons. The maximum Gasteiger partial charge on any atom is 0.344 e. The summed E-state index contributed by atoms with van der Waals surface area (Å²) in [5, 5.41) is 0. The van der Waals surface area contributed by atoms with Gasteiger partial charge in [-0.15, -0.1) is 0 Å². The zero-order chi connectivity index (χ0) is 10.9. The van der Waals surface area contributed by atoms with E-state index in [4.69, 9.17) is 4.89 Å². The summed E-state index contributed by atoms with van der Waals surface area (Å²) in [6.45, 7) is 0. The van der Waals surface area contributed by atoms with E-state index in [9.17, 15) is 20.8 Å². The standard InChI is InChI=1S/AsF6.Br3HOP/c2-1(3,4,5,6)7;1-5(2,3)4/h;4H/q-1;+1. The molecule has 80 valence electrons. The number of halogens is 9. The van der Waals surface area contributed by atoms with Gasteiger partial charge in [0.1, 0.15) is 0 Å². The van der Waals surface area contributed by atoms with Crippen molar-refractivity contribution in [2.45, 2.75) is 0 Å². The molecule has 0 fully saturated rings. The summed E-state index contributed by atoms with van der Waals surface area (Å²) < 4.78 is 57.5. The molecule has 0 atom stereocenters. The molecule has 0 aliphatic carbocycles. The van der Waals surface area contributed by atoms with Crippen molar-refractivity contribution in [3.63, 3.8) is 0 Å². The van der Waals surface area contributed by atoms with Crippen molar-refractivity contribution in [3.05, 3.63) is 0 Å². The molecule has 1 N–H and O–H groups in total. The molecule has 0 saturated heterocycles. The third-order valence-corrected chi connectivity index (χ3v) is 0. The summed E-state index contributed by atoms with van der Waals surface area (Å²) in [7, 11) is 0. The molecule has 0 rings (SSSR count). The van der Waals surface area contributed by atoms with Crippen LogP contribution in [0.15, 0.2) is 0 Å². The first-order chi connectivity index (χ1) is 4.45. The van der Waals surface area contributed by atoms with Crippen LogP contribution < -0.4 is 0 Å². The van der Waals surface area contributed by atoms with Gasteiger partial charge in [-0.05, 0) is 0 Å². The Morgan fingerprint density at radius 3 is 0.833 bits per heavy atom. The Balaban J connectivity index is 0. The van der Waals surface area contributed by atoms with Gasteiger partial charge >= 0.3 is 38.6 Å². The van der Waals surface area contributed by atoms with Crippen molar-refractivity contribution in [2.75, 3.05) is 0 Å². The largest absolute Gasteiger partial charge is 0.344 e. The molecular weight excluding hydrogens is 476 g/mol. The molecular formula is HAsBr3F6OP. The Hall–Kier alpha value is 1.97. The smallest absolute Gasteiger partial charge is 0.217 e. The Labute approximate surface area is 89.4 Å². The second kappa shape index (κ2) is 3.52. The third-order valence-electron chi connectivity index (χ3n) is 0. The summed E-state index contributed by atoms with van der Waals surface area (Å²) >= 11 is -2.44. The van der Waals surface area contributed by atoms with E-state index in [1.54, 1.807) is 0 Å². The van der Waals surface area contributed by atoms with E-state index < -0.39 is 17.8 Å². The maximum absolute atomic E-state index is 11.1. The van der Waals surface area contributed by atoms with Gasteiger partial charge < -0.3 is 0 Å². The van der Waals surface area contributed by atoms with E-state index in [1.807, 2.05) is 0 Å². The van der Waals surface area contributed by atoms with Crippen molar-refractivity contribution >= 4 is 64.2 Å². The SMILES string of the molecule is F[As-](F)(F)(F)(F)F.O[P+](Br)(Br)Br. The topological polar surface area (TPSA) is 20.2 Å². The van der Waals surface area contributed by atoms with E-state index in [0.29, 0.717) is 0 Å². The van der Waals surface area contributed by atoms with Crippen LogP contribution in [-0.2, 0) is 0 Å². The van der Waals surface area contributed by atoms with Gasteiger partial charge in [0, 0.05) is 0 Å². The summed E-state index contributed by atoms with van der Waals surface area (Å²) in [5.74, 6) is 0. The minimum atomic E-state index is -11.1. The van der Waals surface area contributed by atoms with Crippen LogP contribution in [0.3, 0.4) is 0 Å². The Morgan fingerprint density at radius 1 is 0.833 bits per heavy atom. The molecule has 0 aromatic carbocycles. The van der Waals surface area contributed by atoms with Gasteiger partial charge in [-0.1, -0.05) is 0 Å². The first-order valence-electron chi connectivity index (χ1n) is 1.72. The quantitative estimate of drug-likeness (QED) is 0.297. The predicted octanol–water partition coefficient (Wildman–Crippen LogP) is 4.98. The second-order valence-electron chi connectivity index (χ2n) is 1.38. The summed E-state index contributed by atoms with van der Waals surface area (Å²) in [6, 6.07) is 0. The zero-order valence-electron chi connectivity index (χ0n) is 4.74. The van der Waals surface area contributed by atoms with Crippen LogP contribution in [0.1, 0.15) is 0 Å².